The Kier molecular flexibility index (Phi) is 3.64. The molecule has 1 rings (SSSR count). The van der Waals surface area contributed by atoms with Crippen LogP contribution < -0.4 is 0 Å². The standard InChI is InChI=1S/C10H9ClN2O2/c1-3-6-4-7(10(14)15-2)8(5-12)9(11)13-6/h4H,3H2,1-2H3. The number of ether oxygens (including phenoxy) is 1. The second-order valence-electron chi connectivity index (χ2n) is 2.78. The number of carbonyl (C=O) groups is 1. The number of aryl methyl sites for hydroxylation is 1. The number of nitriles is 1. The lowest BCUT2D eigenvalue weighted by Crippen LogP contribution is -2.07. The van der Waals surface area contributed by atoms with Gasteiger partial charge in [-0.1, -0.05) is 18.5 Å². The zero-order chi connectivity index (χ0) is 11.4. The fraction of sp³-hybridized carbons (Fsp3) is 0.300. The van der Waals surface area contributed by atoms with Crippen molar-refractivity contribution in [2.45, 2.75) is 13.3 Å². The maximum atomic E-state index is 11.4. The molecule has 1 aromatic heterocycles. The molecule has 78 valence electrons. The van der Waals surface area contributed by atoms with Gasteiger partial charge in [0.25, 0.3) is 0 Å². The minimum atomic E-state index is -0.578. The lowest BCUT2D eigenvalue weighted by molar-refractivity contribution is 0.0600. The summed E-state index contributed by atoms with van der Waals surface area (Å²) in [7, 11) is 1.25. The summed E-state index contributed by atoms with van der Waals surface area (Å²) in [5.74, 6) is -0.578. The van der Waals surface area contributed by atoms with E-state index >= 15 is 0 Å². The molecule has 1 heterocycles. The molecule has 0 aliphatic rings. The van der Waals surface area contributed by atoms with Crippen molar-refractivity contribution in [1.82, 2.24) is 4.98 Å². The van der Waals surface area contributed by atoms with Gasteiger partial charge in [-0.2, -0.15) is 5.26 Å². The Bertz CT molecular complexity index is 438. The lowest BCUT2D eigenvalue weighted by atomic mass is 10.1. The highest BCUT2D eigenvalue weighted by Gasteiger charge is 2.17. The van der Waals surface area contributed by atoms with Gasteiger partial charge in [0.15, 0.2) is 0 Å². The number of rotatable bonds is 2. The molecule has 1 aromatic rings. The third-order valence-electron chi connectivity index (χ3n) is 1.91. The van der Waals surface area contributed by atoms with Crippen LogP contribution in [0.5, 0.6) is 0 Å². The average molecular weight is 225 g/mol. The first-order valence-electron chi connectivity index (χ1n) is 4.31. The molecule has 0 saturated heterocycles. The quantitative estimate of drug-likeness (QED) is 0.569. The first-order chi connectivity index (χ1) is 7.13. The predicted molar refractivity (Wildman–Crippen MR) is 54.7 cm³/mol. The van der Waals surface area contributed by atoms with Crippen LogP contribution in [0, 0.1) is 11.3 Å². The summed E-state index contributed by atoms with van der Waals surface area (Å²) >= 11 is 5.77. The smallest absolute Gasteiger partial charge is 0.339 e. The summed E-state index contributed by atoms with van der Waals surface area (Å²) < 4.78 is 4.56. The van der Waals surface area contributed by atoms with Gasteiger partial charge in [0.2, 0.25) is 0 Å². The van der Waals surface area contributed by atoms with E-state index in [4.69, 9.17) is 16.9 Å². The van der Waals surface area contributed by atoms with E-state index in [1.807, 2.05) is 13.0 Å². The van der Waals surface area contributed by atoms with Crippen LogP contribution in [0.15, 0.2) is 6.07 Å². The molecule has 0 radical (unpaired) electrons. The summed E-state index contributed by atoms with van der Waals surface area (Å²) in [5, 5.41) is 8.86. The summed E-state index contributed by atoms with van der Waals surface area (Å²) in [4.78, 5) is 15.3. The molecule has 0 saturated carbocycles. The molecule has 0 aliphatic carbocycles. The van der Waals surface area contributed by atoms with Crippen molar-refractivity contribution in [2.75, 3.05) is 7.11 Å². The molecule has 0 fully saturated rings. The van der Waals surface area contributed by atoms with Crippen molar-refractivity contribution in [2.24, 2.45) is 0 Å². The van der Waals surface area contributed by atoms with Crippen LogP contribution in [0.2, 0.25) is 5.15 Å². The van der Waals surface area contributed by atoms with E-state index in [2.05, 4.69) is 9.72 Å². The van der Waals surface area contributed by atoms with E-state index < -0.39 is 5.97 Å². The number of esters is 1. The van der Waals surface area contributed by atoms with E-state index in [0.717, 1.165) is 0 Å². The molecule has 0 N–H and O–H groups in total. The van der Waals surface area contributed by atoms with Gasteiger partial charge in [-0.25, -0.2) is 9.78 Å². The van der Waals surface area contributed by atoms with Crippen molar-refractivity contribution in [3.05, 3.63) is 28.0 Å². The molecule has 0 amide bonds. The summed E-state index contributed by atoms with van der Waals surface area (Å²) in [5.41, 5.74) is 0.872. The highest BCUT2D eigenvalue weighted by atomic mass is 35.5. The third kappa shape index (κ3) is 2.25. The SMILES string of the molecule is CCc1cc(C(=O)OC)c(C#N)c(Cl)n1. The summed E-state index contributed by atoms with van der Waals surface area (Å²) in [6.45, 7) is 1.88. The van der Waals surface area contributed by atoms with E-state index in [9.17, 15) is 4.79 Å². The van der Waals surface area contributed by atoms with Crippen LogP contribution in [-0.2, 0) is 11.2 Å². The Morgan fingerprint density at radius 3 is 2.87 bits per heavy atom. The van der Waals surface area contributed by atoms with Crippen molar-refractivity contribution in [1.29, 1.82) is 5.26 Å². The van der Waals surface area contributed by atoms with Crippen LogP contribution >= 0.6 is 11.6 Å². The average Bonchev–Trinajstić information content (AvgIpc) is 2.26. The maximum Gasteiger partial charge on any atom is 0.339 e. The van der Waals surface area contributed by atoms with E-state index in [-0.39, 0.29) is 16.3 Å². The topological polar surface area (TPSA) is 63.0 Å². The fourth-order valence-electron chi connectivity index (χ4n) is 1.12. The minimum Gasteiger partial charge on any atom is -0.465 e. The molecule has 0 unspecified atom stereocenters. The van der Waals surface area contributed by atoms with Crippen LogP contribution in [-0.4, -0.2) is 18.1 Å². The Labute approximate surface area is 92.4 Å². The number of methoxy groups -OCH3 is 1. The number of halogens is 1. The maximum absolute atomic E-state index is 11.4. The van der Waals surface area contributed by atoms with Crippen LogP contribution in [0.1, 0.15) is 28.5 Å². The molecule has 4 nitrogen and oxygen atoms in total. The Morgan fingerprint density at radius 1 is 1.73 bits per heavy atom. The van der Waals surface area contributed by atoms with Gasteiger partial charge >= 0.3 is 5.97 Å². The number of aromatic nitrogens is 1. The molecular formula is C10H9ClN2O2. The highest BCUT2D eigenvalue weighted by Crippen LogP contribution is 2.19. The van der Waals surface area contributed by atoms with Gasteiger partial charge < -0.3 is 4.74 Å². The van der Waals surface area contributed by atoms with E-state index in [1.54, 1.807) is 0 Å². The van der Waals surface area contributed by atoms with Crippen LogP contribution in [0.25, 0.3) is 0 Å². The molecule has 0 bridgehead atoms. The van der Waals surface area contributed by atoms with Crippen LogP contribution in [0.4, 0.5) is 0 Å². The number of pyridine rings is 1. The van der Waals surface area contributed by atoms with Crippen molar-refractivity contribution in [3.63, 3.8) is 0 Å². The second kappa shape index (κ2) is 4.76. The summed E-state index contributed by atoms with van der Waals surface area (Å²) in [6.07, 6.45) is 0.634. The lowest BCUT2D eigenvalue weighted by Gasteiger charge is -2.05. The van der Waals surface area contributed by atoms with Crippen molar-refractivity contribution in [3.8, 4) is 6.07 Å². The predicted octanol–water partition coefficient (Wildman–Crippen LogP) is 1.96. The Hall–Kier alpha value is -1.60. The van der Waals surface area contributed by atoms with Crippen LogP contribution in [0.3, 0.4) is 0 Å². The Morgan fingerprint density at radius 2 is 2.40 bits per heavy atom. The minimum absolute atomic E-state index is 0.0391. The summed E-state index contributed by atoms with van der Waals surface area (Å²) in [6, 6.07) is 3.36. The van der Waals surface area contributed by atoms with Gasteiger partial charge in [-0.05, 0) is 12.5 Å². The first-order valence-corrected chi connectivity index (χ1v) is 4.69. The van der Waals surface area contributed by atoms with E-state index in [1.165, 1.54) is 13.2 Å². The van der Waals surface area contributed by atoms with Gasteiger partial charge in [-0.3, -0.25) is 0 Å². The number of hydrogen-bond acceptors (Lipinski definition) is 4. The largest absolute Gasteiger partial charge is 0.465 e. The molecular weight excluding hydrogens is 216 g/mol. The first kappa shape index (κ1) is 11.5. The Balaban J connectivity index is 3.40. The highest BCUT2D eigenvalue weighted by molar-refractivity contribution is 6.31. The van der Waals surface area contributed by atoms with Crippen molar-refractivity contribution >= 4 is 17.6 Å². The zero-order valence-electron chi connectivity index (χ0n) is 8.37. The molecule has 15 heavy (non-hydrogen) atoms. The normalized spacial score (nSPS) is 9.47. The molecule has 0 aromatic carbocycles. The van der Waals surface area contributed by atoms with E-state index in [0.29, 0.717) is 12.1 Å². The monoisotopic (exact) mass is 224 g/mol. The zero-order valence-corrected chi connectivity index (χ0v) is 9.13. The third-order valence-corrected chi connectivity index (χ3v) is 2.18. The molecule has 0 aliphatic heterocycles. The number of carbonyl (C=O) groups excluding carboxylic acids is 1. The second-order valence-corrected chi connectivity index (χ2v) is 3.14. The molecule has 0 spiro atoms. The van der Waals surface area contributed by atoms with Gasteiger partial charge in [-0.15, -0.1) is 0 Å². The number of hydrogen-bond donors (Lipinski definition) is 0. The van der Waals surface area contributed by atoms with Gasteiger partial charge in [0.05, 0.1) is 12.7 Å². The molecule has 0 atom stereocenters. The number of nitrogens with zero attached hydrogens (tertiary/aromatic N) is 2. The van der Waals surface area contributed by atoms with Crippen molar-refractivity contribution < 1.29 is 9.53 Å². The van der Waals surface area contributed by atoms with Gasteiger partial charge in [0.1, 0.15) is 16.8 Å². The fourth-order valence-corrected chi connectivity index (χ4v) is 1.38. The molecule has 5 heteroatoms. The van der Waals surface area contributed by atoms with Gasteiger partial charge in [0, 0.05) is 5.69 Å².